The lowest BCUT2D eigenvalue weighted by Crippen LogP contribution is -2.30. The Morgan fingerprint density at radius 3 is 2.28 bits per heavy atom. The second-order valence-corrected chi connectivity index (χ2v) is 8.04. The number of amides is 1. The quantitative estimate of drug-likeness (QED) is 0.797. The fourth-order valence-corrected chi connectivity index (χ4v) is 3.43. The Morgan fingerprint density at radius 2 is 1.72 bits per heavy atom. The van der Waals surface area contributed by atoms with E-state index in [9.17, 15) is 13.2 Å². The van der Waals surface area contributed by atoms with Crippen LogP contribution < -0.4 is 10.5 Å². The van der Waals surface area contributed by atoms with E-state index in [-0.39, 0.29) is 16.8 Å². The van der Waals surface area contributed by atoms with Gasteiger partial charge in [-0.3, -0.25) is 4.79 Å². The number of hydrogen-bond donors (Lipinski definition) is 2. The van der Waals surface area contributed by atoms with Gasteiger partial charge in [0.25, 0.3) is 0 Å². The van der Waals surface area contributed by atoms with Gasteiger partial charge in [0.05, 0.1) is 10.9 Å². The van der Waals surface area contributed by atoms with Crippen LogP contribution in [-0.2, 0) is 21.2 Å². The number of rotatable bonds is 7. The van der Waals surface area contributed by atoms with Gasteiger partial charge in [-0.1, -0.05) is 42.5 Å². The van der Waals surface area contributed by atoms with E-state index >= 15 is 0 Å². The van der Waals surface area contributed by atoms with E-state index in [4.69, 9.17) is 5.14 Å². The first kappa shape index (κ1) is 17.6. The number of nitrogens with one attached hydrogen (secondary N) is 1. The zero-order chi connectivity index (χ0) is 17.9. The van der Waals surface area contributed by atoms with Crippen molar-refractivity contribution in [2.24, 2.45) is 11.1 Å². The molecule has 1 unspecified atom stereocenters. The van der Waals surface area contributed by atoms with Gasteiger partial charge in [0.2, 0.25) is 15.9 Å². The van der Waals surface area contributed by atoms with Crippen molar-refractivity contribution in [1.29, 1.82) is 0 Å². The predicted octanol–water partition coefficient (Wildman–Crippen LogP) is 2.53. The molecule has 1 amide bonds. The van der Waals surface area contributed by atoms with Gasteiger partial charge in [-0.05, 0) is 48.4 Å². The topological polar surface area (TPSA) is 89.3 Å². The molecule has 0 aliphatic heterocycles. The number of benzene rings is 2. The summed E-state index contributed by atoms with van der Waals surface area (Å²) in [5.74, 6) is 0.539. The number of aryl methyl sites for hydroxylation is 1. The summed E-state index contributed by atoms with van der Waals surface area (Å²) in [7, 11) is -3.68. The Morgan fingerprint density at radius 1 is 1.08 bits per heavy atom. The van der Waals surface area contributed by atoms with Crippen LogP contribution in [0.2, 0.25) is 0 Å². The molecule has 3 N–H and O–H groups in total. The SMILES string of the molecule is NS(=O)(=O)c1ccc(CCC(=O)NC(c2ccccc2)C2CC2)cc1. The molecule has 2 aromatic rings. The summed E-state index contributed by atoms with van der Waals surface area (Å²) in [6.07, 6.45) is 3.22. The van der Waals surface area contributed by atoms with Crippen LogP contribution in [0.15, 0.2) is 59.5 Å². The van der Waals surface area contributed by atoms with Crippen LogP contribution in [0.5, 0.6) is 0 Å². The van der Waals surface area contributed by atoms with Crippen molar-refractivity contribution in [1.82, 2.24) is 5.32 Å². The van der Waals surface area contributed by atoms with Gasteiger partial charge >= 0.3 is 0 Å². The Balaban J connectivity index is 1.57. The van der Waals surface area contributed by atoms with Crippen LogP contribution >= 0.6 is 0 Å². The second-order valence-electron chi connectivity index (χ2n) is 6.48. The molecule has 6 heteroatoms. The van der Waals surface area contributed by atoms with Crippen LogP contribution in [0.25, 0.3) is 0 Å². The zero-order valence-corrected chi connectivity index (χ0v) is 14.7. The van der Waals surface area contributed by atoms with Crippen LogP contribution in [0.3, 0.4) is 0 Å². The van der Waals surface area contributed by atoms with Gasteiger partial charge in [0.1, 0.15) is 0 Å². The molecule has 25 heavy (non-hydrogen) atoms. The minimum absolute atomic E-state index is 0.0104. The van der Waals surface area contributed by atoms with E-state index in [0.29, 0.717) is 18.8 Å². The van der Waals surface area contributed by atoms with Crippen LogP contribution in [0.1, 0.15) is 36.4 Å². The molecule has 0 saturated heterocycles. The molecule has 5 nitrogen and oxygen atoms in total. The lowest BCUT2D eigenvalue weighted by atomic mass is 10.0. The smallest absolute Gasteiger partial charge is 0.238 e. The molecule has 132 valence electrons. The molecule has 1 fully saturated rings. The average Bonchev–Trinajstić information content (AvgIpc) is 3.43. The van der Waals surface area contributed by atoms with Crippen molar-refractivity contribution in [2.45, 2.75) is 36.6 Å². The highest BCUT2D eigenvalue weighted by atomic mass is 32.2. The molecule has 1 saturated carbocycles. The molecule has 3 rings (SSSR count). The standard InChI is InChI=1S/C19H22N2O3S/c20-25(23,24)17-11-6-14(7-12-17)8-13-18(22)21-19(16-9-10-16)15-4-2-1-3-5-15/h1-7,11-12,16,19H,8-10,13H2,(H,21,22)(H2,20,23,24). The first-order chi connectivity index (χ1) is 11.9. The monoisotopic (exact) mass is 358 g/mol. The Labute approximate surface area is 148 Å². The molecular weight excluding hydrogens is 336 g/mol. The first-order valence-corrected chi connectivity index (χ1v) is 9.94. The van der Waals surface area contributed by atoms with Crippen LogP contribution in [0, 0.1) is 5.92 Å². The van der Waals surface area contributed by atoms with E-state index in [1.807, 2.05) is 18.2 Å². The molecule has 1 atom stereocenters. The molecule has 0 heterocycles. The highest BCUT2D eigenvalue weighted by Gasteiger charge is 2.33. The lowest BCUT2D eigenvalue weighted by molar-refractivity contribution is -0.122. The number of hydrogen-bond acceptors (Lipinski definition) is 3. The van der Waals surface area contributed by atoms with Crippen molar-refractivity contribution in [3.63, 3.8) is 0 Å². The summed E-state index contributed by atoms with van der Waals surface area (Å²) in [6, 6.07) is 16.5. The number of carbonyl (C=O) groups is 1. The minimum Gasteiger partial charge on any atom is -0.349 e. The fourth-order valence-electron chi connectivity index (χ4n) is 2.91. The highest BCUT2D eigenvalue weighted by Crippen LogP contribution is 2.40. The van der Waals surface area contributed by atoms with E-state index in [2.05, 4.69) is 17.4 Å². The van der Waals surface area contributed by atoms with Crippen molar-refractivity contribution < 1.29 is 13.2 Å². The van der Waals surface area contributed by atoms with Crippen molar-refractivity contribution >= 4 is 15.9 Å². The maximum atomic E-state index is 12.3. The van der Waals surface area contributed by atoms with Gasteiger partial charge in [-0.15, -0.1) is 0 Å². The summed E-state index contributed by atoms with van der Waals surface area (Å²) in [6.45, 7) is 0. The van der Waals surface area contributed by atoms with E-state index < -0.39 is 10.0 Å². The van der Waals surface area contributed by atoms with Gasteiger partial charge < -0.3 is 5.32 Å². The average molecular weight is 358 g/mol. The van der Waals surface area contributed by atoms with Gasteiger partial charge in [0, 0.05) is 6.42 Å². The van der Waals surface area contributed by atoms with Crippen molar-refractivity contribution in [3.8, 4) is 0 Å². The van der Waals surface area contributed by atoms with Gasteiger partial charge in [0.15, 0.2) is 0 Å². The third-order valence-corrected chi connectivity index (χ3v) is 5.39. The molecule has 0 spiro atoms. The molecule has 2 aromatic carbocycles. The zero-order valence-electron chi connectivity index (χ0n) is 13.9. The van der Waals surface area contributed by atoms with E-state index in [1.165, 1.54) is 12.1 Å². The maximum Gasteiger partial charge on any atom is 0.238 e. The summed E-state index contributed by atoms with van der Waals surface area (Å²) in [4.78, 5) is 12.4. The second kappa shape index (κ2) is 7.37. The normalized spacial score (nSPS) is 15.6. The van der Waals surface area contributed by atoms with Crippen molar-refractivity contribution in [3.05, 3.63) is 65.7 Å². The van der Waals surface area contributed by atoms with Gasteiger partial charge in [-0.2, -0.15) is 0 Å². The molecule has 0 radical (unpaired) electrons. The molecule has 1 aliphatic rings. The fraction of sp³-hybridized carbons (Fsp3) is 0.316. The Kier molecular flexibility index (Phi) is 5.20. The van der Waals surface area contributed by atoms with Crippen molar-refractivity contribution in [2.75, 3.05) is 0 Å². The van der Waals surface area contributed by atoms with Gasteiger partial charge in [-0.25, -0.2) is 13.6 Å². The number of primary sulfonamides is 1. The summed E-state index contributed by atoms with van der Waals surface area (Å²) >= 11 is 0. The first-order valence-electron chi connectivity index (χ1n) is 8.39. The Hall–Kier alpha value is -2.18. The van der Waals surface area contributed by atoms with E-state index in [1.54, 1.807) is 12.1 Å². The number of sulfonamides is 1. The summed E-state index contributed by atoms with van der Waals surface area (Å²) in [5, 5.41) is 8.23. The summed E-state index contributed by atoms with van der Waals surface area (Å²) < 4.78 is 22.5. The Bertz CT molecular complexity index is 829. The predicted molar refractivity (Wildman–Crippen MR) is 96.2 cm³/mol. The van der Waals surface area contributed by atoms with Crippen LogP contribution in [-0.4, -0.2) is 14.3 Å². The third-order valence-electron chi connectivity index (χ3n) is 4.46. The highest BCUT2D eigenvalue weighted by molar-refractivity contribution is 7.89. The molecule has 1 aliphatic carbocycles. The molecule has 0 bridgehead atoms. The third kappa shape index (κ3) is 4.90. The summed E-state index contributed by atoms with van der Waals surface area (Å²) in [5.41, 5.74) is 2.06. The number of carbonyl (C=O) groups excluding carboxylic acids is 1. The maximum absolute atomic E-state index is 12.3. The van der Waals surface area contributed by atoms with E-state index in [0.717, 1.165) is 24.0 Å². The van der Waals surface area contributed by atoms with Crippen LogP contribution in [0.4, 0.5) is 0 Å². The number of nitrogens with two attached hydrogens (primary N) is 1. The molecular formula is C19H22N2O3S. The lowest BCUT2D eigenvalue weighted by Gasteiger charge is -2.19. The minimum atomic E-state index is -3.68. The largest absolute Gasteiger partial charge is 0.349 e. The molecule has 0 aromatic heterocycles.